The van der Waals surface area contributed by atoms with Crippen LogP contribution >= 0.6 is 0 Å². The standard InChI is InChI=1S/C60H52N2/c1-39(2)43-21-25-45(26-22-43)49-19-17-41(5)57(37-49)61(51-13-9-7-10-14-51)55-35-31-47-30-34-54-56(36-32-48-29-33-53(55)59(47)60(48)54)62(52-15-11-8-12-16-52)58-38-50(20-18-42(58)6)46-27-23-44(24-28-46)40(3)4/h7-40H,1-6H3. The molecule has 0 atom stereocenters. The fourth-order valence-corrected chi connectivity index (χ4v) is 9.31. The molecule has 0 aliphatic carbocycles. The van der Waals surface area contributed by atoms with Crippen LogP contribution < -0.4 is 9.80 Å². The highest BCUT2D eigenvalue weighted by atomic mass is 15.2. The molecule has 10 aromatic carbocycles. The zero-order valence-electron chi connectivity index (χ0n) is 36.5. The third-order valence-corrected chi connectivity index (χ3v) is 12.9. The molecule has 0 amide bonds. The minimum atomic E-state index is 0.492. The van der Waals surface area contributed by atoms with Crippen LogP contribution in [0.4, 0.5) is 34.1 Å². The molecule has 0 aliphatic heterocycles. The van der Waals surface area contributed by atoms with Gasteiger partial charge in [-0.15, -0.1) is 0 Å². The second-order valence-electron chi connectivity index (χ2n) is 17.5. The number of nitrogens with zero attached hydrogens (tertiary/aromatic N) is 2. The zero-order valence-corrected chi connectivity index (χ0v) is 36.5. The molecule has 10 aromatic rings. The molecular formula is C60H52N2. The number of aryl methyl sites for hydroxylation is 2. The van der Waals surface area contributed by atoms with Gasteiger partial charge in [0.15, 0.2) is 0 Å². The van der Waals surface area contributed by atoms with E-state index in [1.807, 2.05) is 0 Å². The van der Waals surface area contributed by atoms with Gasteiger partial charge < -0.3 is 9.80 Å². The van der Waals surface area contributed by atoms with Gasteiger partial charge in [-0.25, -0.2) is 0 Å². The molecule has 0 saturated heterocycles. The Balaban J connectivity index is 1.17. The molecule has 0 unspecified atom stereocenters. The zero-order chi connectivity index (χ0) is 42.5. The minimum absolute atomic E-state index is 0.492. The van der Waals surface area contributed by atoms with Crippen LogP contribution in [0.15, 0.2) is 194 Å². The molecule has 0 bridgehead atoms. The van der Waals surface area contributed by atoms with Crippen molar-refractivity contribution >= 4 is 66.4 Å². The van der Waals surface area contributed by atoms with Crippen LogP contribution in [0.25, 0.3) is 54.6 Å². The van der Waals surface area contributed by atoms with E-state index in [1.54, 1.807) is 0 Å². The Morgan fingerprint density at radius 1 is 0.323 bits per heavy atom. The van der Waals surface area contributed by atoms with Crippen LogP contribution in [0.5, 0.6) is 0 Å². The first-order valence-corrected chi connectivity index (χ1v) is 22.1. The number of hydrogen-bond donors (Lipinski definition) is 0. The Labute approximate surface area is 366 Å². The van der Waals surface area contributed by atoms with Gasteiger partial charge in [0.1, 0.15) is 0 Å². The quantitative estimate of drug-likeness (QED) is 0.127. The summed E-state index contributed by atoms with van der Waals surface area (Å²) in [5, 5.41) is 7.47. The highest BCUT2D eigenvalue weighted by molar-refractivity contribution is 6.28. The molecule has 302 valence electrons. The molecule has 0 aromatic heterocycles. The van der Waals surface area contributed by atoms with E-state index in [2.05, 4.69) is 245 Å². The summed E-state index contributed by atoms with van der Waals surface area (Å²) < 4.78 is 0. The van der Waals surface area contributed by atoms with E-state index in [9.17, 15) is 0 Å². The largest absolute Gasteiger partial charge is 0.310 e. The Hall–Kier alpha value is -7.16. The van der Waals surface area contributed by atoms with Gasteiger partial charge >= 0.3 is 0 Å². The van der Waals surface area contributed by atoms with Gasteiger partial charge in [0, 0.05) is 33.5 Å². The van der Waals surface area contributed by atoms with Crippen molar-refractivity contribution in [1.82, 2.24) is 0 Å². The molecule has 0 N–H and O–H groups in total. The third-order valence-electron chi connectivity index (χ3n) is 12.9. The maximum Gasteiger partial charge on any atom is 0.0540 e. The topological polar surface area (TPSA) is 6.48 Å². The molecule has 62 heavy (non-hydrogen) atoms. The van der Waals surface area contributed by atoms with Crippen molar-refractivity contribution in [3.8, 4) is 22.3 Å². The van der Waals surface area contributed by atoms with Gasteiger partial charge in [0.05, 0.1) is 11.4 Å². The SMILES string of the molecule is Cc1ccc(-c2ccc(C(C)C)cc2)cc1N(c1ccccc1)c1ccc2ccc3c(N(c4ccccc4)c4cc(-c5ccc(C(C)C)cc5)ccc4C)ccc4ccc1c2c43. The maximum atomic E-state index is 2.47. The second-order valence-corrected chi connectivity index (χ2v) is 17.5. The van der Waals surface area contributed by atoms with Gasteiger partial charge in [-0.05, 0) is 140 Å². The van der Waals surface area contributed by atoms with Gasteiger partial charge in [0.25, 0.3) is 0 Å². The van der Waals surface area contributed by atoms with Crippen molar-refractivity contribution in [3.63, 3.8) is 0 Å². The lowest BCUT2D eigenvalue weighted by Gasteiger charge is -2.31. The first kappa shape index (κ1) is 39.0. The van der Waals surface area contributed by atoms with Gasteiger partial charge in [-0.1, -0.05) is 173 Å². The van der Waals surface area contributed by atoms with Gasteiger partial charge in [-0.2, -0.15) is 0 Å². The molecule has 10 rings (SSSR count). The summed E-state index contributed by atoms with van der Waals surface area (Å²) in [6.07, 6.45) is 0. The smallest absolute Gasteiger partial charge is 0.0540 e. The fraction of sp³-hybridized carbons (Fsp3) is 0.133. The Morgan fingerprint density at radius 3 is 1.05 bits per heavy atom. The summed E-state index contributed by atoms with van der Waals surface area (Å²) in [7, 11) is 0. The predicted octanol–water partition coefficient (Wildman–Crippen LogP) is 17.7. The normalized spacial score (nSPS) is 11.7. The van der Waals surface area contributed by atoms with Gasteiger partial charge in [-0.3, -0.25) is 0 Å². The lowest BCUT2D eigenvalue weighted by atomic mass is 9.91. The molecule has 0 spiro atoms. The Bertz CT molecular complexity index is 2960. The van der Waals surface area contributed by atoms with E-state index in [0.29, 0.717) is 11.8 Å². The van der Waals surface area contributed by atoms with Crippen molar-refractivity contribution in [1.29, 1.82) is 0 Å². The van der Waals surface area contributed by atoms with Crippen molar-refractivity contribution < 1.29 is 0 Å². The molecule has 0 heterocycles. The number of benzene rings is 10. The summed E-state index contributed by atoms with van der Waals surface area (Å²) >= 11 is 0. The molecule has 0 saturated carbocycles. The minimum Gasteiger partial charge on any atom is -0.310 e. The van der Waals surface area contributed by atoms with E-state index in [-0.39, 0.29) is 0 Å². The van der Waals surface area contributed by atoms with Crippen LogP contribution in [-0.4, -0.2) is 0 Å². The number of anilines is 6. The first-order valence-electron chi connectivity index (χ1n) is 22.1. The van der Waals surface area contributed by atoms with Crippen molar-refractivity contribution in [3.05, 3.63) is 216 Å². The Morgan fingerprint density at radius 2 is 0.677 bits per heavy atom. The van der Waals surface area contributed by atoms with Crippen LogP contribution in [0.1, 0.15) is 61.8 Å². The molecule has 0 aliphatic rings. The van der Waals surface area contributed by atoms with E-state index in [1.165, 1.54) is 88.2 Å². The van der Waals surface area contributed by atoms with Crippen LogP contribution in [0.2, 0.25) is 0 Å². The number of rotatable bonds is 10. The summed E-state index contributed by atoms with van der Waals surface area (Å²) in [5.41, 5.74) is 16.9. The molecule has 2 heteroatoms. The summed E-state index contributed by atoms with van der Waals surface area (Å²) in [6.45, 7) is 13.5. The van der Waals surface area contributed by atoms with E-state index in [0.717, 1.165) is 22.7 Å². The Kier molecular flexibility index (Phi) is 10.1. The molecule has 0 fully saturated rings. The summed E-state index contributed by atoms with van der Waals surface area (Å²) in [5.74, 6) is 0.984. The fourth-order valence-electron chi connectivity index (χ4n) is 9.31. The highest BCUT2D eigenvalue weighted by Crippen LogP contribution is 2.49. The number of para-hydroxylation sites is 2. The van der Waals surface area contributed by atoms with Gasteiger partial charge in [0.2, 0.25) is 0 Å². The predicted molar refractivity (Wildman–Crippen MR) is 268 cm³/mol. The first-order chi connectivity index (χ1) is 30.2. The van der Waals surface area contributed by atoms with E-state index in [4.69, 9.17) is 0 Å². The van der Waals surface area contributed by atoms with Crippen molar-refractivity contribution in [2.45, 2.75) is 53.4 Å². The van der Waals surface area contributed by atoms with E-state index < -0.39 is 0 Å². The van der Waals surface area contributed by atoms with E-state index >= 15 is 0 Å². The lowest BCUT2D eigenvalue weighted by Crippen LogP contribution is -2.13. The average Bonchev–Trinajstić information content (AvgIpc) is 3.31. The molecule has 0 radical (unpaired) electrons. The van der Waals surface area contributed by atoms with Crippen LogP contribution in [-0.2, 0) is 0 Å². The monoisotopic (exact) mass is 800 g/mol. The third kappa shape index (κ3) is 6.96. The lowest BCUT2D eigenvalue weighted by molar-refractivity contribution is 0.867. The highest BCUT2D eigenvalue weighted by Gasteiger charge is 2.23. The second kappa shape index (κ2) is 16.0. The van der Waals surface area contributed by atoms with Crippen molar-refractivity contribution in [2.24, 2.45) is 0 Å². The average molecular weight is 801 g/mol. The number of hydrogen-bond acceptors (Lipinski definition) is 2. The summed E-state index contributed by atoms with van der Waals surface area (Å²) in [4.78, 5) is 4.93. The van der Waals surface area contributed by atoms with Crippen LogP contribution in [0, 0.1) is 13.8 Å². The summed E-state index contributed by atoms with van der Waals surface area (Å²) in [6, 6.07) is 72.2. The molecular weight excluding hydrogens is 749 g/mol. The maximum absolute atomic E-state index is 2.47. The molecule has 2 nitrogen and oxygen atoms in total. The van der Waals surface area contributed by atoms with Crippen LogP contribution in [0.3, 0.4) is 0 Å². The van der Waals surface area contributed by atoms with Crippen molar-refractivity contribution in [2.75, 3.05) is 9.80 Å².